The topological polar surface area (TPSA) is 77.8 Å². The number of anilines is 1. The Morgan fingerprint density at radius 3 is 2.61 bits per heavy atom. The highest BCUT2D eigenvalue weighted by Crippen LogP contribution is 2.33. The van der Waals surface area contributed by atoms with Crippen LogP contribution >= 0.6 is 0 Å². The highest BCUT2D eigenvalue weighted by atomic mass is 19.1. The Balaban J connectivity index is 1.76. The van der Waals surface area contributed by atoms with Crippen LogP contribution in [0.3, 0.4) is 0 Å². The summed E-state index contributed by atoms with van der Waals surface area (Å²) in [6.45, 7) is 4.24. The van der Waals surface area contributed by atoms with Gasteiger partial charge in [0.2, 0.25) is 0 Å². The van der Waals surface area contributed by atoms with Gasteiger partial charge in [0.05, 0.1) is 19.4 Å². The summed E-state index contributed by atoms with van der Waals surface area (Å²) < 4.78 is 26.5. The number of rotatable bonds is 6. The van der Waals surface area contributed by atoms with Crippen LogP contribution in [0, 0.1) is 12.7 Å². The molecule has 1 N–H and O–H groups in total. The van der Waals surface area contributed by atoms with E-state index in [1.807, 2.05) is 6.92 Å². The lowest BCUT2D eigenvalue weighted by molar-refractivity contribution is 0.102. The van der Waals surface area contributed by atoms with Gasteiger partial charge < -0.3 is 14.8 Å². The Bertz CT molecular complexity index is 1250. The number of halogens is 1. The van der Waals surface area contributed by atoms with Gasteiger partial charge >= 0.3 is 0 Å². The van der Waals surface area contributed by atoms with Crippen LogP contribution in [-0.2, 0) is 0 Å². The van der Waals surface area contributed by atoms with E-state index < -0.39 is 5.82 Å². The monoisotopic (exact) mass is 420 g/mol. The van der Waals surface area contributed by atoms with Crippen molar-refractivity contribution in [3.63, 3.8) is 0 Å². The van der Waals surface area contributed by atoms with E-state index >= 15 is 0 Å². The van der Waals surface area contributed by atoms with E-state index in [2.05, 4.69) is 15.5 Å². The summed E-state index contributed by atoms with van der Waals surface area (Å²) in [5.41, 5.74) is 2.59. The first-order valence-corrected chi connectivity index (χ1v) is 9.73. The Labute approximate surface area is 178 Å². The Hall–Kier alpha value is -3.94. The number of hydrogen-bond acceptors (Lipinski definition) is 5. The van der Waals surface area contributed by atoms with Crippen molar-refractivity contribution < 1.29 is 18.7 Å². The number of methoxy groups -OCH3 is 1. The molecule has 0 aliphatic heterocycles. The second kappa shape index (κ2) is 8.43. The zero-order valence-electron chi connectivity index (χ0n) is 17.3. The minimum Gasteiger partial charge on any atom is -0.496 e. The average molecular weight is 420 g/mol. The van der Waals surface area contributed by atoms with Gasteiger partial charge in [0.1, 0.15) is 23.1 Å². The van der Waals surface area contributed by atoms with E-state index in [1.54, 1.807) is 53.9 Å². The molecule has 158 valence electrons. The molecule has 2 aromatic heterocycles. The number of benzene rings is 2. The lowest BCUT2D eigenvalue weighted by Gasteiger charge is -2.13. The number of aromatic nitrogens is 3. The van der Waals surface area contributed by atoms with Crippen molar-refractivity contribution in [3.8, 4) is 22.6 Å². The number of aryl methyl sites for hydroxylation is 1. The minimum absolute atomic E-state index is 0.311. The summed E-state index contributed by atoms with van der Waals surface area (Å²) in [6, 6.07) is 12.9. The fraction of sp³-hybridized carbons (Fsp3) is 0.174. The van der Waals surface area contributed by atoms with Gasteiger partial charge in [-0.25, -0.2) is 4.39 Å². The predicted molar refractivity (Wildman–Crippen MR) is 115 cm³/mol. The highest BCUT2D eigenvalue weighted by molar-refractivity contribution is 6.06. The molecule has 31 heavy (non-hydrogen) atoms. The lowest BCUT2D eigenvalue weighted by atomic mass is 10.1. The van der Waals surface area contributed by atoms with Crippen molar-refractivity contribution in [1.29, 1.82) is 0 Å². The molecule has 0 bridgehead atoms. The van der Waals surface area contributed by atoms with Crippen molar-refractivity contribution >= 4 is 17.2 Å². The number of nitrogens with one attached hydrogen (secondary N) is 1. The molecule has 0 aliphatic rings. The largest absolute Gasteiger partial charge is 0.496 e. The maximum Gasteiger partial charge on any atom is 0.255 e. The second-order valence-electron chi connectivity index (χ2n) is 6.84. The number of carbonyl (C=O) groups is 1. The Morgan fingerprint density at radius 1 is 1.13 bits per heavy atom. The van der Waals surface area contributed by atoms with Gasteiger partial charge in [-0.1, -0.05) is 0 Å². The van der Waals surface area contributed by atoms with Crippen molar-refractivity contribution in [3.05, 3.63) is 71.9 Å². The van der Waals surface area contributed by atoms with Crippen molar-refractivity contribution in [2.75, 3.05) is 19.0 Å². The maximum absolute atomic E-state index is 14.0. The third-order valence-electron chi connectivity index (χ3n) is 4.82. The van der Waals surface area contributed by atoms with Gasteiger partial charge in [-0.2, -0.15) is 0 Å². The fourth-order valence-electron chi connectivity index (χ4n) is 3.31. The summed E-state index contributed by atoms with van der Waals surface area (Å²) >= 11 is 0. The standard InChI is InChI=1S/C23H21FN4O3/c1-4-31-18-8-5-15(6-9-18)23(29)25-20-11-16(13-28-14(2)26-27-22(20)28)19-12-17(24)7-10-21(19)30-3/h5-13H,4H2,1-3H3,(H,25,29). The molecular weight excluding hydrogens is 399 g/mol. The molecule has 2 heterocycles. The van der Waals surface area contributed by atoms with Crippen LogP contribution in [0.25, 0.3) is 16.8 Å². The molecule has 4 rings (SSSR count). The summed E-state index contributed by atoms with van der Waals surface area (Å²) in [7, 11) is 1.52. The molecule has 0 unspecified atom stereocenters. The summed E-state index contributed by atoms with van der Waals surface area (Å²) in [5, 5.41) is 11.2. The van der Waals surface area contributed by atoms with Crippen LogP contribution in [0.2, 0.25) is 0 Å². The first kappa shape index (κ1) is 20.3. The lowest BCUT2D eigenvalue weighted by Crippen LogP contribution is -2.13. The van der Waals surface area contributed by atoms with E-state index in [9.17, 15) is 9.18 Å². The molecule has 0 saturated heterocycles. The fourth-order valence-corrected chi connectivity index (χ4v) is 3.31. The van der Waals surface area contributed by atoms with E-state index in [4.69, 9.17) is 9.47 Å². The smallest absolute Gasteiger partial charge is 0.255 e. The first-order chi connectivity index (χ1) is 15.0. The SMILES string of the molecule is CCOc1ccc(C(=O)Nc2cc(-c3cc(F)ccc3OC)cn3c(C)nnc23)cc1. The molecule has 8 heteroatoms. The van der Waals surface area contributed by atoms with Gasteiger partial charge in [-0.15, -0.1) is 10.2 Å². The van der Waals surface area contributed by atoms with E-state index in [0.717, 1.165) is 0 Å². The van der Waals surface area contributed by atoms with Crippen LogP contribution < -0.4 is 14.8 Å². The van der Waals surface area contributed by atoms with Crippen LogP contribution in [0.1, 0.15) is 23.1 Å². The van der Waals surface area contributed by atoms with Gasteiger partial charge in [0.15, 0.2) is 5.65 Å². The second-order valence-corrected chi connectivity index (χ2v) is 6.84. The number of amides is 1. The number of nitrogens with zero attached hydrogens (tertiary/aromatic N) is 3. The molecule has 0 radical (unpaired) electrons. The highest BCUT2D eigenvalue weighted by Gasteiger charge is 2.16. The van der Waals surface area contributed by atoms with E-state index in [0.29, 0.717) is 52.0 Å². The van der Waals surface area contributed by atoms with Crippen LogP contribution in [0.4, 0.5) is 10.1 Å². The van der Waals surface area contributed by atoms with Gasteiger partial charge in [-0.05, 0) is 62.4 Å². The van der Waals surface area contributed by atoms with E-state index in [1.165, 1.54) is 19.2 Å². The number of carbonyl (C=O) groups excluding carboxylic acids is 1. The maximum atomic E-state index is 14.0. The van der Waals surface area contributed by atoms with Crippen molar-refractivity contribution in [1.82, 2.24) is 14.6 Å². The van der Waals surface area contributed by atoms with Crippen LogP contribution in [0.15, 0.2) is 54.7 Å². The third kappa shape index (κ3) is 4.05. The molecule has 2 aromatic carbocycles. The number of hydrogen-bond donors (Lipinski definition) is 1. The minimum atomic E-state index is -0.392. The number of fused-ring (bicyclic) bond motifs is 1. The quantitative estimate of drug-likeness (QED) is 0.497. The normalized spacial score (nSPS) is 10.8. The molecule has 1 amide bonds. The molecular formula is C23H21FN4O3. The number of pyridine rings is 1. The van der Waals surface area contributed by atoms with Crippen LogP contribution in [-0.4, -0.2) is 34.2 Å². The van der Waals surface area contributed by atoms with Crippen molar-refractivity contribution in [2.24, 2.45) is 0 Å². The van der Waals surface area contributed by atoms with Gasteiger partial charge in [0, 0.05) is 22.9 Å². The molecule has 0 aliphatic carbocycles. The van der Waals surface area contributed by atoms with Crippen LogP contribution in [0.5, 0.6) is 11.5 Å². The third-order valence-corrected chi connectivity index (χ3v) is 4.82. The summed E-state index contributed by atoms with van der Waals surface area (Å²) in [6.07, 6.45) is 1.79. The first-order valence-electron chi connectivity index (χ1n) is 9.73. The molecule has 0 spiro atoms. The Kier molecular flexibility index (Phi) is 5.53. The van der Waals surface area contributed by atoms with Crippen molar-refractivity contribution in [2.45, 2.75) is 13.8 Å². The Morgan fingerprint density at radius 2 is 1.90 bits per heavy atom. The summed E-state index contributed by atoms with van der Waals surface area (Å²) in [4.78, 5) is 12.9. The van der Waals surface area contributed by atoms with E-state index in [-0.39, 0.29) is 5.91 Å². The molecule has 0 atom stereocenters. The molecule has 0 fully saturated rings. The zero-order valence-corrected chi connectivity index (χ0v) is 17.3. The van der Waals surface area contributed by atoms with Gasteiger partial charge in [-0.3, -0.25) is 9.20 Å². The molecule has 0 saturated carbocycles. The molecule has 7 nitrogen and oxygen atoms in total. The average Bonchev–Trinajstić information content (AvgIpc) is 3.15. The van der Waals surface area contributed by atoms with Gasteiger partial charge in [0.25, 0.3) is 5.91 Å². The zero-order chi connectivity index (χ0) is 22.0. The predicted octanol–water partition coefficient (Wildman–Crippen LogP) is 4.50. The number of ether oxygens (including phenoxy) is 2. The molecule has 4 aromatic rings. The summed E-state index contributed by atoms with van der Waals surface area (Å²) in [5.74, 6) is 1.12.